The topological polar surface area (TPSA) is 35.5 Å². The number of nitrogens with one attached hydrogen (secondary N) is 1. The molecular weight excluding hydrogens is 260 g/mol. The Balaban J connectivity index is 1.87. The lowest BCUT2D eigenvalue weighted by Gasteiger charge is -2.31. The summed E-state index contributed by atoms with van der Waals surface area (Å²) in [5, 5.41) is 14.2. The maximum absolute atomic E-state index is 10.7. The fourth-order valence-corrected chi connectivity index (χ4v) is 2.98. The highest BCUT2D eigenvalue weighted by atomic mass is 16.3. The second-order valence-electron chi connectivity index (χ2n) is 5.81. The Hall–Kier alpha value is -1.84. The van der Waals surface area contributed by atoms with E-state index in [4.69, 9.17) is 0 Å². The molecule has 1 aliphatic heterocycles. The number of hydrogen-bond donors (Lipinski definition) is 2. The van der Waals surface area contributed by atoms with Crippen molar-refractivity contribution in [3.63, 3.8) is 0 Å². The molecule has 110 valence electrons. The Kier molecular flexibility index (Phi) is 3.95. The molecule has 0 spiro atoms. The zero-order valence-corrected chi connectivity index (χ0v) is 12.6. The number of fused-ring (bicyclic) bond motifs is 1. The zero-order valence-electron chi connectivity index (χ0n) is 12.6. The summed E-state index contributed by atoms with van der Waals surface area (Å²) < 4.78 is 0. The molecule has 2 aromatic rings. The maximum Gasteiger partial charge on any atom is 0.0984 e. The SMILES string of the molecule is CN(C)c1ccc(C(O)C2NCCc3ccccc32)cc1. The molecule has 2 aromatic carbocycles. The van der Waals surface area contributed by atoms with Gasteiger partial charge in [-0.2, -0.15) is 0 Å². The smallest absolute Gasteiger partial charge is 0.0984 e. The van der Waals surface area contributed by atoms with E-state index in [-0.39, 0.29) is 6.04 Å². The molecule has 1 aliphatic rings. The van der Waals surface area contributed by atoms with Crippen molar-refractivity contribution in [2.24, 2.45) is 0 Å². The quantitative estimate of drug-likeness (QED) is 0.908. The number of nitrogens with zero attached hydrogens (tertiary/aromatic N) is 1. The van der Waals surface area contributed by atoms with Crippen molar-refractivity contribution in [3.05, 3.63) is 65.2 Å². The van der Waals surface area contributed by atoms with Crippen molar-refractivity contribution in [1.29, 1.82) is 0 Å². The van der Waals surface area contributed by atoms with Crippen LogP contribution in [0.2, 0.25) is 0 Å². The number of hydrogen-bond acceptors (Lipinski definition) is 3. The van der Waals surface area contributed by atoms with E-state index in [9.17, 15) is 5.11 Å². The van der Waals surface area contributed by atoms with E-state index in [2.05, 4.69) is 28.4 Å². The standard InChI is InChI=1S/C18H22N2O/c1-20(2)15-9-7-14(8-10-15)18(21)17-16-6-4-3-5-13(16)11-12-19-17/h3-10,17-19,21H,11-12H2,1-2H3. The lowest BCUT2D eigenvalue weighted by Crippen LogP contribution is -2.33. The van der Waals surface area contributed by atoms with Gasteiger partial charge in [-0.05, 0) is 41.8 Å². The van der Waals surface area contributed by atoms with Gasteiger partial charge in [0.05, 0.1) is 12.1 Å². The molecule has 0 bridgehead atoms. The summed E-state index contributed by atoms with van der Waals surface area (Å²) >= 11 is 0. The lowest BCUT2D eigenvalue weighted by molar-refractivity contribution is 0.125. The summed E-state index contributed by atoms with van der Waals surface area (Å²) in [6, 6.07) is 16.5. The first-order valence-electron chi connectivity index (χ1n) is 7.43. The molecule has 1 heterocycles. The molecule has 0 saturated carbocycles. The highest BCUT2D eigenvalue weighted by Crippen LogP contribution is 2.33. The van der Waals surface area contributed by atoms with Crippen molar-refractivity contribution in [3.8, 4) is 0 Å². The van der Waals surface area contributed by atoms with Crippen LogP contribution >= 0.6 is 0 Å². The van der Waals surface area contributed by atoms with Gasteiger partial charge in [-0.1, -0.05) is 36.4 Å². The van der Waals surface area contributed by atoms with Crippen LogP contribution in [0.5, 0.6) is 0 Å². The number of aliphatic hydroxyl groups excluding tert-OH is 1. The van der Waals surface area contributed by atoms with Gasteiger partial charge in [0.25, 0.3) is 0 Å². The third-order valence-corrected chi connectivity index (χ3v) is 4.22. The van der Waals surface area contributed by atoms with E-state index in [1.165, 1.54) is 11.1 Å². The fourth-order valence-electron chi connectivity index (χ4n) is 2.98. The van der Waals surface area contributed by atoms with Crippen LogP contribution in [0, 0.1) is 0 Å². The predicted octanol–water partition coefficient (Wildman–Crippen LogP) is 2.67. The molecule has 2 unspecified atom stereocenters. The molecule has 0 aromatic heterocycles. The molecule has 3 rings (SSSR count). The van der Waals surface area contributed by atoms with Gasteiger partial charge in [0.15, 0.2) is 0 Å². The molecule has 0 fully saturated rings. The molecule has 0 amide bonds. The number of aliphatic hydroxyl groups is 1. The Labute approximate surface area is 126 Å². The van der Waals surface area contributed by atoms with Gasteiger partial charge < -0.3 is 15.3 Å². The van der Waals surface area contributed by atoms with Gasteiger partial charge in [0.2, 0.25) is 0 Å². The van der Waals surface area contributed by atoms with E-state index in [1.807, 2.05) is 44.4 Å². The van der Waals surface area contributed by atoms with E-state index < -0.39 is 6.10 Å². The van der Waals surface area contributed by atoms with Crippen LogP contribution in [0.3, 0.4) is 0 Å². The van der Waals surface area contributed by atoms with Crippen molar-refractivity contribution < 1.29 is 5.11 Å². The molecule has 3 nitrogen and oxygen atoms in total. The van der Waals surface area contributed by atoms with Crippen LogP contribution < -0.4 is 10.2 Å². The monoisotopic (exact) mass is 282 g/mol. The van der Waals surface area contributed by atoms with E-state index in [0.717, 1.165) is 24.2 Å². The summed E-state index contributed by atoms with van der Waals surface area (Å²) in [5.74, 6) is 0. The van der Waals surface area contributed by atoms with Crippen LogP contribution in [0.25, 0.3) is 0 Å². The first-order chi connectivity index (χ1) is 10.2. The van der Waals surface area contributed by atoms with Crippen molar-refractivity contribution in [2.45, 2.75) is 18.6 Å². The van der Waals surface area contributed by atoms with Crippen molar-refractivity contribution in [1.82, 2.24) is 5.32 Å². The molecule has 3 heteroatoms. The average Bonchev–Trinajstić information content (AvgIpc) is 2.53. The van der Waals surface area contributed by atoms with Crippen LogP contribution in [0.1, 0.15) is 28.8 Å². The van der Waals surface area contributed by atoms with Crippen LogP contribution in [-0.4, -0.2) is 25.7 Å². The zero-order chi connectivity index (χ0) is 14.8. The molecular formula is C18H22N2O. The average molecular weight is 282 g/mol. The Morgan fingerprint density at radius 2 is 1.81 bits per heavy atom. The molecule has 0 aliphatic carbocycles. The number of anilines is 1. The van der Waals surface area contributed by atoms with Gasteiger partial charge >= 0.3 is 0 Å². The van der Waals surface area contributed by atoms with Crippen LogP contribution in [0.4, 0.5) is 5.69 Å². The Bertz CT molecular complexity index is 607. The summed E-state index contributed by atoms with van der Waals surface area (Å²) in [4.78, 5) is 2.06. The third-order valence-electron chi connectivity index (χ3n) is 4.22. The Morgan fingerprint density at radius 3 is 2.52 bits per heavy atom. The predicted molar refractivity (Wildman–Crippen MR) is 86.6 cm³/mol. The van der Waals surface area contributed by atoms with Crippen LogP contribution in [0.15, 0.2) is 48.5 Å². The summed E-state index contributed by atoms with van der Waals surface area (Å²) in [6.07, 6.45) is 0.501. The first-order valence-corrected chi connectivity index (χ1v) is 7.43. The molecule has 2 N–H and O–H groups in total. The molecule has 21 heavy (non-hydrogen) atoms. The normalized spacial score (nSPS) is 18.9. The van der Waals surface area contributed by atoms with E-state index in [0.29, 0.717) is 0 Å². The molecule has 0 saturated heterocycles. The first kappa shape index (κ1) is 14.1. The highest BCUT2D eigenvalue weighted by Gasteiger charge is 2.26. The van der Waals surface area contributed by atoms with Gasteiger partial charge in [0, 0.05) is 19.8 Å². The van der Waals surface area contributed by atoms with Crippen molar-refractivity contribution >= 4 is 5.69 Å². The Morgan fingerprint density at radius 1 is 1.10 bits per heavy atom. The second kappa shape index (κ2) is 5.88. The minimum absolute atomic E-state index is 0.0276. The van der Waals surface area contributed by atoms with Gasteiger partial charge in [-0.3, -0.25) is 0 Å². The fraction of sp³-hybridized carbons (Fsp3) is 0.333. The minimum Gasteiger partial charge on any atom is -0.386 e. The van der Waals surface area contributed by atoms with Crippen LogP contribution in [-0.2, 0) is 6.42 Å². The number of rotatable bonds is 3. The highest BCUT2D eigenvalue weighted by molar-refractivity contribution is 5.47. The van der Waals surface area contributed by atoms with E-state index >= 15 is 0 Å². The summed E-state index contributed by atoms with van der Waals surface area (Å²) in [7, 11) is 4.04. The summed E-state index contributed by atoms with van der Waals surface area (Å²) in [5.41, 5.74) is 4.65. The van der Waals surface area contributed by atoms with Gasteiger partial charge in [-0.25, -0.2) is 0 Å². The maximum atomic E-state index is 10.7. The largest absolute Gasteiger partial charge is 0.386 e. The van der Waals surface area contributed by atoms with Gasteiger partial charge in [0.1, 0.15) is 0 Å². The lowest BCUT2D eigenvalue weighted by atomic mass is 9.88. The van der Waals surface area contributed by atoms with Crippen molar-refractivity contribution in [2.75, 3.05) is 25.5 Å². The third kappa shape index (κ3) is 2.80. The minimum atomic E-state index is -0.525. The van der Waals surface area contributed by atoms with Gasteiger partial charge in [-0.15, -0.1) is 0 Å². The molecule has 0 radical (unpaired) electrons. The van der Waals surface area contributed by atoms with E-state index in [1.54, 1.807) is 0 Å². The molecule has 2 atom stereocenters. The second-order valence-corrected chi connectivity index (χ2v) is 5.81. The summed E-state index contributed by atoms with van der Waals surface area (Å²) in [6.45, 7) is 0.911. The number of benzene rings is 2.